The van der Waals surface area contributed by atoms with Gasteiger partial charge in [-0.15, -0.1) is 0 Å². The van der Waals surface area contributed by atoms with Crippen molar-refractivity contribution in [2.45, 2.75) is 20.0 Å². The van der Waals surface area contributed by atoms with Crippen molar-refractivity contribution in [1.29, 1.82) is 0 Å². The summed E-state index contributed by atoms with van der Waals surface area (Å²) >= 11 is 0. The third kappa shape index (κ3) is 6.95. The smallest absolute Gasteiger partial charge is 0.257 e. The first-order valence-corrected chi connectivity index (χ1v) is 10.2. The van der Waals surface area contributed by atoms with Crippen molar-refractivity contribution in [2.75, 3.05) is 5.32 Å². The number of hydrogen-bond donors (Lipinski definition) is 3. The number of benzene rings is 3. The molecule has 0 heterocycles. The molecule has 6 nitrogen and oxygen atoms in total. The minimum Gasteiger partial charge on any atom is -0.348 e. The quantitative estimate of drug-likeness (QED) is 0.291. The first kappa shape index (κ1) is 22.5. The van der Waals surface area contributed by atoms with Crippen LogP contribution in [0.5, 0.6) is 0 Å². The van der Waals surface area contributed by atoms with Gasteiger partial charge in [-0.25, -0.2) is 0 Å². The van der Waals surface area contributed by atoms with Crippen LogP contribution in [0.1, 0.15) is 23.6 Å². The highest BCUT2D eigenvalue weighted by Gasteiger charge is 2.18. The van der Waals surface area contributed by atoms with Gasteiger partial charge in [-0.2, -0.15) is 0 Å². The average Bonchev–Trinajstić information content (AvgIpc) is 2.81. The number of carbonyl (C=O) groups excluding carboxylic acids is 3. The van der Waals surface area contributed by atoms with E-state index in [1.54, 1.807) is 24.3 Å². The Hall–Kier alpha value is -4.19. The SMILES string of the molecule is CC(=O)Nc1ccc(C=C(C(=O)NCc2ccccc2)C(=O)NCc2ccccc2)cc1. The van der Waals surface area contributed by atoms with Gasteiger partial charge in [0.05, 0.1) is 0 Å². The Morgan fingerprint density at radius 1 is 0.688 bits per heavy atom. The van der Waals surface area contributed by atoms with Gasteiger partial charge in [0, 0.05) is 25.7 Å². The third-order valence-electron chi connectivity index (χ3n) is 4.62. The van der Waals surface area contributed by atoms with Gasteiger partial charge >= 0.3 is 0 Å². The van der Waals surface area contributed by atoms with Gasteiger partial charge in [0.1, 0.15) is 5.57 Å². The van der Waals surface area contributed by atoms with Crippen LogP contribution in [0.3, 0.4) is 0 Å². The van der Waals surface area contributed by atoms with E-state index in [9.17, 15) is 14.4 Å². The Bertz CT molecular complexity index is 1030. The lowest BCUT2D eigenvalue weighted by atomic mass is 10.1. The van der Waals surface area contributed by atoms with Crippen molar-refractivity contribution >= 4 is 29.5 Å². The molecule has 6 heteroatoms. The standard InChI is InChI=1S/C26H25N3O3/c1-19(30)29-23-14-12-20(13-15-23)16-24(25(31)27-17-21-8-4-2-5-9-21)26(32)28-18-22-10-6-3-7-11-22/h2-16H,17-18H2,1H3,(H,27,31)(H,28,32)(H,29,30). The van der Waals surface area contributed by atoms with E-state index in [1.165, 1.54) is 13.0 Å². The molecule has 0 aliphatic rings. The molecule has 0 fully saturated rings. The summed E-state index contributed by atoms with van der Waals surface area (Å²) < 4.78 is 0. The molecule has 0 radical (unpaired) electrons. The zero-order valence-electron chi connectivity index (χ0n) is 17.8. The molecule has 3 amide bonds. The first-order valence-electron chi connectivity index (χ1n) is 10.2. The summed E-state index contributed by atoms with van der Waals surface area (Å²) in [5.41, 5.74) is 3.18. The van der Waals surface area contributed by atoms with Gasteiger partial charge in [0.15, 0.2) is 0 Å². The highest BCUT2D eigenvalue weighted by Crippen LogP contribution is 2.14. The second-order valence-corrected chi connectivity index (χ2v) is 7.20. The van der Waals surface area contributed by atoms with Crippen molar-refractivity contribution in [3.63, 3.8) is 0 Å². The summed E-state index contributed by atoms with van der Waals surface area (Å²) in [6.07, 6.45) is 1.54. The van der Waals surface area contributed by atoms with Crippen LogP contribution in [0.25, 0.3) is 6.08 Å². The molecule has 0 aliphatic carbocycles. The molecule has 0 spiro atoms. The molecular formula is C26H25N3O3. The number of hydrogen-bond acceptors (Lipinski definition) is 3. The van der Waals surface area contributed by atoms with Crippen molar-refractivity contribution in [1.82, 2.24) is 10.6 Å². The van der Waals surface area contributed by atoms with E-state index in [1.807, 2.05) is 60.7 Å². The van der Waals surface area contributed by atoms with Crippen molar-refractivity contribution in [3.05, 3.63) is 107 Å². The van der Waals surface area contributed by atoms with E-state index >= 15 is 0 Å². The minimum absolute atomic E-state index is 0.00383. The minimum atomic E-state index is -0.467. The van der Waals surface area contributed by atoms with Crippen LogP contribution in [0.2, 0.25) is 0 Å². The van der Waals surface area contributed by atoms with Crippen LogP contribution in [0.4, 0.5) is 5.69 Å². The normalized spacial score (nSPS) is 10.0. The largest absolute Gasteiger partial charge is 0.348 e. The molecule has 0 saturated heterocycles. The molecule has 32 heavy (non-hydrogen) atoms. The summed E-state index contributed by atoms with van der Waals surface area (Å²) in [5.74, 6) is -1.11. The summed E-state index contributed by atoms with van der Waals surface area (Å²) in [5, 5.41) is 8.31. The molecule has 162 valence electrons. The van der Waals surface area contributed by atoms with Crippen LogP contribution in [0, 0.1) is 0 Å². The zero-order chi connectivity index (χ0) is 22.8. The summed E-state index contributed by atoms with van der Waals surface area (Å²) in [6.45, 7) is 2.05. The van der Waals surface area contributed by atoms with Crippen LogP contribution in [0.15, 0.2) is 90.5 Å². The van der Waals surface area contributed by atoms with Crippen LogP contribution >= 0.6 is 0 Å². The lowest BCUT2D eigenvalue weighted by Gasteiger charge is -2.11. The number of nitrogens with one attached hydrogen (secondary N) is 3. The van der Waals surface area contributed by atoms with Gasteiger partial charge in [-0.05, 0) is 34.9 Å². The molecule has 0 aromatic heterocycles. The van der Waals surface area contributed by atoms with Crippen molar-refractivity contribution < 1.29 is 14.4 Å². The van der Waals surface area contributed by atoms with Gasteiger partial charge in [-0.1, -0.05) is 72.8 Å². The lowest BCUT2D eigenvalue weighted by molar-refractivity contribution is -0.123. The Morgan fingerprint density at radius 2 is 1.16 bits per heavy atom. The summed E-state index contributed by atoms with van der Waals surface area (Å²) in [7, 11) is 0. The van der Waals surface area contributed by atoms with E-state index in [0.29, 0.717) is 24.3 Å². The van der Waals surface area contributed by atoms with E-state index < -0.39 is 11.8 Å². The van der Waals surface area contributed by atoms with E-state index in [2.05, 4.69) is 16.0 Å². The van der Waals surface area contributed by atoms with Crippen molar-refractivity contribution in [3.8, 4) is 0 Å². The van der Waals surface area contributed by atoms with Crippen LogP contribution in [-0.2, 0) is 27.5 Å². The maximum atomic E-state index is 12.9. The molecule has 3 aromatic rings. The molecule has 0 aliphatic heterocycles. The Balaban J connectivity index is 1.77. The maximum absolute atomic E-state index is 12.9. The van der Waals surface area contributed by atoms with Gasteiger partial charge in [0.2, 0.25) is 5.91 Å². The van der Waals surface area contributed by atoms with E-state index in [4.69, 9.17) is 0 Å². The van der Waals surface area contributed by atoms with E-state index in [0.717, 1.165) is 11.1 Å². The molecular weight excluding hydrogens is 402 g/mol. The molecule has 0 atom stereocenters. The van der Waals surface area contributed by atoms with E-state index in [-0.39, 0.29) is 11.5 Å². The number of carbonyl (C=O) groups is 3. The Kier molecular flexibility index (Phi) is 7.92. The Morgan fingerprint density at radius 3 is 1.59 bits per heavy atom. The fourth-order valence-electron chi connectivity index (χ4n) is 3.01. The van der Waals surface area contributed by atoms with Gasteiger partial charge < -0.3 is 16.0 Å². The Labute approximate surface area is 187 Å². The summed E-state index contributed by atoms with van der Waals surface area (Å²) in [4.78, 5) is 37.0. The molecule has 0 saturated carbocycles. The predicted octanol–water partition coefficient (Wildman–Crippen LogP) is 3.66. The summed E-state index contributed by atoms with van der Waals surface area (Å²) in [6, 6.07) is 25.9. The number of anilines is 1. The first-order chi connectivity index (χ1) is 15.5. The molecule has 3 N–H and O–H groups in total. The van der Waals surface area contributed by atoms with Gasteiger partial charge in [-0.3, -0.25) is 14.4 Å². The second-order valence-electron chi connectivity index (χ2n) is 7.20. The lowest BCUT2D eigenvalue weighted by Crippen LogP contribution is -2.34. The number of rotatable bonds is 8. The van der Waals surface area contributed by atoms with Gasteiger partial charge in [0.25, 0.3) is 11.8 Å². The zero-order valence-corrected chi connectivity index (χ0v) is 17.8. The fourth-order valence-corrected chi connectivity index (χ4v) is 3.01. The average molecular weight is 428 g/mol. The molecule has 0 unspecified atom stereocenters. The number of amides is 3. The highest BCUT2D eigenvalue weighted by molar-refractivity contribution is 6.21. The van der Waals surface area contributed by atoms with Crippen LogP contribution < -0.4 is 16.0 Å². The van der Waals surface area contributed by atoms with Crippen molar-refractivity contribution in [2.24, 2.45) is 0 Å². The fraction of sp³-hybridized carbons (Fsp3) is 0.115. The molecule has 0 bridgehead atoms. The molecule has 3 aromatic carbocycles. The third-order valence-corrected chi connectivity index (χ3v) is 4.62. The second kappa shape index (κ2) is 11.3. The highest BCUT2D eigenvalue weighted by atomic mass is 16.2. The monoisotopic (exact) mass is 427 g/mol. The maximum Gasteiger partial charge on any atom is 0.257 e. The van der Waals surface area contributed by atoms with Crippen LogP contribution in [-0.4, -0.2) is 17.7 Å². The predicted molar refractivity (Wildman–Crippen MR) is 125 cm³/mol. The molecule has 3 rings (SSSR count). The topological polar surface area (TPSA) is 87.3 Å².